The molecule has 0 aromatic carbocycles. The maximum Gasteiger partial charge on any atom is 0 e. The summed E-state index contributed by atoms with van der Waals surface area (Å²) < 4.78 is 0. The largest absolute Gasteiger partial charge is 0.197 e. The Morgan fingerprint density at radius 3 is 1.00 bits per heavy atom. The Morgan fingerprint density at radius 1 is 1.00 bits per heavy atom. The fourth-order valence-corrected chi connectivity index (χ4v) is 0. The molecule has 32 valence electrons. The quantitative estimate of drug-likeness (QED) is 0.565. The van der Waals surface area contributed by atoms with E-state index in [0.717, 1.165) is 0 Å². The second kappa shape index (κ2) is 22.8. The van der Waals surface area contributed by atoms with Crippen molar-refractivity contribution >= 4 is 31.4 Å². The van der Waals surface area contributed by atoms with E-state index in [0.29, 0.717) is 0 Å². The maximum absolute atomic E-state index is 0. The van der Waals surface area contributed by atoms with Crippen LogP contribution >= 0.6 is 13.5 Å². The Bertz CT molecular complexity index is 8.00. The molecule has 0 fully saturated rings. The molecule has 0 heterocycles. The van der Waals surface area contributed by atoms with E-state index in [-0.39, 0.29) is 61.3 Å². The summed E-state index contributed by atoms with van der Waals surface area (Å²) in [6.45, 7) is 0. The summed E-state index contributed by atoms with van der Waals surface area (Å²) in [6.07, 6.45) is 0. The summed E-state index contributed by atoms with van der Waals surface area (Å²) in [7, 11) is 0. The van der Waals surface area contributed by atoms with Gasteiger partial charge in [-0.25, -0.2) is 0 Å². The van der Waals surface area contributed by atoms with Gasteiger partial charge in [0.15, 0.2) is 0 Å². The third-order valence-electron chi connectivity index (χ3n) is 0. The van der Waals surface area contributed by atoms with Crippen molar-refractivity contribution in [1.29, 1.82) is 0 Å². The van der Waals surface area contributed by atoms with Gasteiger partial charge in [-0.2, -0.15) is 13.5 Å². The molecule has 0 atom stereocenters. The van der Waals surface area contributed by atoms with Gasteiger partial charge in [0.25, 0.3) is 0 Å². The van der Waals surface area contributed by atoms with E-state index in [1.165, 1.54) is 0 Å². The van der Waals surface area contributed by atoms with Crippen molar-refractivity contribution in [3.63, 3.8) is 0 Å². The normalized spacial score (nSPS) is 0. The molecule has 0 aliphatic rings. The van der Waals surface area contributed by atoms with Gasteiger partial charge in [0.05, 0.1) is 0 Å². The van der Waals surface area contributed by atoms with E-state index in [9.17, 15) is 0 Å². The van der Waals surface area contributed by atoms with Gasteiger partial charge < -0.3 is 0 Å². The Balaban J connectivity index is 0. The molecular formula is CH6AsAuS. The molecule has 0 saturated heterocycles. The molecule has 0 aliphatic heterocycles. The zero-order valence-electron chi connectivity index (χ0n) is 1.25. The molecule has 0 aromatic heterocycles. The summed E-state index contributed by atoms with van der Waals surface area (Å²) in [4.78, 5) is 0. The summed E-state index contributed by atoms with van der Waals surface area (Å²) in [6, 6.07) is 0. The van der Waals surface area contributed by atoms with Gasteiger partial charge in [-0.15, -0.1) is 0 Å². The van der Waals surface area contributed by atoms with Crippen LogP contribution in [0, 0.1) is 0 Å². The van der Waals surface area contributed by atoms with E-state index in [1.807, 2.05) is 0 Å². The molecule has 0 aromatic rings. The van der Waals surface area contributed by atoms with Crippen LogP contribution in [0.25, 0.3) is 0 Å². The molecule has 0 rings (SSSR count). The van der Waals surface area contributed by atoms with E-state index < -0.39 is 0 Å². The van der Waals surface area contributed by atoms with Crippen molar-refractivity contribution in [2.45, 2.75) is 7.43 Å². The zero-order chi connectivity index (χ0) is 0. The van der Waals surface area contributed by atoms with Crippen LogP contribution in [0.2, 0.25) is 0 Å². The van der Waals surface area contributed by atoms with Crippen LogP contribution in [0.15, 0.2) is 0 Å². The van der Waals surface area contributed by atoms with E-state index in [1.54, 1.807) is 0 Å². The Kier molecular flexibility index (Phi) is 256. The Hall–Kier alpha value is 1.65. The van der Waals surface area contributed by atoms with Crippen LogP contribution in [0.1, 0.15) is 7.43 Å². The first-order chi connectivity index (χ1) is 0. The van der Waals surface area contributed by atoms with Gasteiger partial charge in [-0.05, 0) is 0 Å². The fraction of sp³-hybridized carbons (Fsp3) is 1.00. The maximum atomic E-state index is 0. The summed E-state index contributed by atoms with van der Waals surface area (Å²) in [5, 5.41) is 0. The third kappa shape index (κ3) is 9.42. The van der Waals surface area contributed by atoms with Gasteiger partial charge in [0.2, 0.25) is 0 Å². The van der Waals surface area contributed by atoms with Crippen molar-refractivity contribution in [3.05, 3.63) is 0 Å². The number of hydrogen-bond acceptors (Lipinski definition) is 0. The Labute approximate surface area is 61.0 Å². The molecule has 0 N–H and O–H groups in total. The van der Waals surface area contributed by atoms with E-state index in [2.05, 4.69) is 0 Å². The molecule has 0 unspecified atom stereocenters. The monoisotopic (exact) mass is 322 g/mol. The smallest absolute Gasteiger partial charge is 0 e. The van der Waals surface area contributed by atoms with Crippen molar-refractivity contribution in [2.75, 3.05) is 0 Å². The fourth-order valence-electron chi connectivity index (χ4n) is 0. The minimum absolute atomic E-state index is 0. The van der Waals surface area contributed by atoms with Crippen LogP contribution < -0.4 is 0 Å². The molecule has 3 heteroatoms. The van der Waals surface area contributed by atoms with Gasteiger partial charge in [0.1, 0.15) is 0 Å². The SMILES string of the molecule is C.S.[As].[Au]. The predicted octanol–water partition coefficient (Wildman–Crippen LogP) is 0.366. The average Bonchev–Trinajstić information content (AvgIpc) is 0. The molecule has 0 aliphatic carbocycles. The Morgan fingerprint density at radius 2 is 1.00 bits per heavy atom. The van der Waals surface area contributed by atoms with Crippen LogP contribution in [0.4, 0.5) is 0 Å². The van der Waals surface area contributed by atoms with Gasteiger partial charge in [-0.1, -0.05) is 7.43 Å². The minimum atomic E-state index is 0. The first-order valence-corrected chi connectivity index (χ1v) is 0. The second-order valence-corrected chi connectivity index (χ2v) is 0. The molecule has 0 spiro atoms. The topological polar surface area (TPSA) is 0 Å². The molecule has 0 amide bonds. The summed E-state index contributed by atoms with van der Waals surface area (Å²) in [5.41, 5.74) is 0. The molecule has 0 bridgehead atoms. The first kappa shape index (κ1) is 44.9. The average molecular weight is 322 g/mol. The van der Waals surface area contributed by atoms with Gasteiger partial charge in [-0.3, -0.25) is 0 Å². The van der Waals surface area contributed by atoms with Crippen molar-refractivity contribution in [2.24, 2.45) is 0 Å². The standard InChI is InChI=1S/CH4.As.Au.H2S/h1H4;;;1H2. The van der Waals surface area contributed by atoms with Crippen molar-refractivity contribution in [3.8, 4) is 0 Å². The van der Waals surface area contributed by atoms with E-state index in [4.69, 9.17) is 0 Å². The number of rotatable bonds is 0. The first-order valence-electron chi connectivity index (χ1n) is 0. The molecule has 0 nitrogen and oxygen atoms in total. The van der Waals surface area contributed by atoms with Gasteiger partial charge in [0, 0.05) is 40.3 Å². The van der Waals surface area contributed by atoms with Gasteiger partial charge >= 0.3 is 0 Å². The van der Waals surface area contributed by atoms with Crippen LogP contribution in [0.5, 0.6) is 0 Å². The van der Waals surface area contributed by atoms with Crippen molar-refractivity contribution < 1.29 is 22.4 Å². The zero-order valence-corrected chi connectivity index (χ0v) is 6.29. The molecule has 4 heavy (non-hydrogen) atoms. The molecular weight excluding hydrogens is 316 g/mol. The van der Waals surface area contributed by atoms with Crippen LogP contribution in [0.3, 0.4) is 0 Å². The van der Waals surface area contributed by atoms with Crippen LogP contribution in [-0.2, 0) is 22.4 Å². The third-order valence-corrected chi connectivity index (χ3v) is 0. The summed E-state index contributed by atoms with van der Waals surface area (Å²) in [5.74, 6) is 0. The van der Waals surface area contributed by atoms with E-state index >= 15 is 0 Å². The number of hydrogen-bond donors (Lipinski definition) is 0. The van der Waals surface area contributed by atoms with Crippen LogP contribution in [-0.4, -0.2) is 18.0 Å². The summed E-state index contributed by atoms with van der Waals surface area (Å²) >= 11 is 0. The van der Waals surface area contributed by atoms with Crippen molar-refractivity contribution in [1.82, 2.24) is 0 Å². The minimum Gasteiger partial charge on any atom is -0.197 e. The predicted molar refractivity (Wildman–Crippen MR) is 22.9 cm³/mol. The molecule has 0 saturated carbocycles. The molecule has 4 radical (unpaired) electrons. The second-order valence-electron chi connectivity index (χ2n) is 0.